The van der Waals surface area contributed by atoms with E-state index in [2.05, 4.69) is 17.2 Å². The molecule has 1 aliphatic heterocycles. The number of nitrogens with zero attached hydrogens (tertiary/aromatic N) is 2. The first-order valence-electron chi connectivity index (χ1n) is 10.2. The number of carbonyl (C=O) groups is 1. The summed E-state index contributed by atoms with van der Waals surface area (Å²) in [6.45, 7) is 2.80. The van der Waals surface area contributed by atoms with Crippen LogP contribution in [0.1, 0.15) is 31.2 Å². The van der Waals surface area contributed by atoms with E-state index in [1.54, 1.807) is 10.6 Å². The second kappa shape index (κ2) is 8.93. The number of rotatable bonds is 4. The van der Waals surface area contributed by atoms with Crippen LogP contribution in [0.25, 0.3) is 16.6 Å². The Morgan fingerprint density at radius 3 is 2.80 bits per heavy atom. The predicted molar refractivity (Wildman–Crippen MR) is 116 cm³/mol. The molecule has 6 nitrogen and oxygen atoms in total. The van der Waals surface area contributed by atoms with Gasteiger partial charge in [0, 0.05) is 18.6 Å². The van der Waals surface area contributed by atoms with Gasteiger partial charge in [0.2, 0.25) is 5.91 Å². The lowest BCUT2D eigenvalue weighted by molar-refractivity contribution is -0.129. The molecule has 0 unspecified atom stereocenters. The highest BCUT2D eigenvalue weighted by Gasteiger charge is 2.22. The zero-order valence-corrected chi connectivity index (χ0v) is 16.9. The number of hydrogen-bond donors (Lipinski definition) is 1. The Labute approximate surface area is 174 Å². The summed E-state index contributed by atoms with van der Waals surface area (Å²) in [6.07, 6.45) is 1.90. The van der Waals surface area contributed by atoms with Crippen molar-refractivity contribution in [2.45, 2.75) is 32.3 Å². The SMILES string of the molecule is CCc1nc2cccc(C#CCNC(=O)[C@H]3CCCO3)c2c(=O)n1-c1ccccc1. The predicted octanol–water partition coefficient (Wildman–Crippen LogP) is 2.59. The average Bonchev–Trinajstić information content (AvgIpc) is 3.32. The van der Waals surface area contributed by atoms with E-state index in [0.29, 0.717) is 35.3 Å². The van der Waals surface area contributed by atoms with E-state index in [4.69, 9.17) is 9.72 Å². The lowest BCUT2D eigenvalue weighted by atomic mass is 10.1. The summed E-state index contributed by atoms with van der Waals surface area (Å²) in [5, 5.41) is 3.26. The maximum Gasteiger partial charge on any atom is 0.267 e. The number of aromatic nitrogens is 2. The van der Waals surface area contributed by atoms with Crippen LogP contribution in [0.5, 0.6) is 0 Å². The summed E-state index contributed by atoms with van der Waals surface area (Å²) < 4.78 is 7.01. The smallest absolute Gasteiger partial charge is 0.267 e. The van der Waals surface area contributed by atoms with Crippen LogP contribution in [-0.4, -0.2) is 34.7 Å². The molecule has 0 aliphatic carbocycles. The van der Waals surface area contributed by atoms with Gasteiger partial charge in [-0.25, -0.2) is 4.98 Å². The quantitative estimate of drug-likeness (QED) is 0.682. The second-order valence-corrected chi connectivity index (χ2v) is 7.08. The first kappa shape index (κ1) is 19.9. The Bertz CT molecular complexity index is 1180. The zero-order valence-electron chi connectivity index (χ0n) is 16.9. The van der Waals surface area contributed by atoms with Crippen LogP contribution in [-0.2, 0) is 16.0 Å². The summed E-state index contributed by atoms with van der Waals surface area (Å²) in [5.41, 5.74) is 1.86. The van der Waals surface area contributed by atoms with E-state index in [0.717, 1.165) is 18.5 Å². The van der Waals surface area contributed by atoms with Gasteiger partial charge in [0.1, 0.15) is 11.9 Å². The number of amides is 1. The lowest BCUT2D eigenvalue weighted by Gasteiger charge is -2.13. The number of benzene rings is 2. The molecular weight excluding hydrogens is 378 g/mol. The van der Waals surface area contributed by atoms with Gasteiger partial charge >= 0.3 is 0 Å². The molecule has 0 saturated carbocycles. The molecule has 6 heteroatoms. The van der Waals surface area contributed by atoms with Gasteiger partial charge in [-0.1, -0.05) is 43.0 Å². The summed E-state index contributed by atoms with van der Waals surface area (Å²) in [6, 6.07) is 15.0. The van der Waals surface area contributed by atoms with E-state index in [-0.39, 0.29) is 24.1 Å². The van der Waals surface area contributed by atoms with E-state index in [1.165, 1.54) is 0 Å². The highest BCUT2D eigenvalue weighted by Crippen LogP contribution is 2.16. The van der Waals surface area contributed by atoms with Crippen LogP contribution < -0.4 is 10.9 Å². The molecule has 1 fully saturated rings. The highest BCUT2D eigenvalue weighted by molar-refractivity contribution is 5.85. The third kappa shape index (κ3) is 3.98. The summed E-state index contributed by atoms with van der Waals surface area (Å²) in [4.78, 5) is 30.2. The van der Waals surface area contributed by atoms with Crippen LogP contribution in [0.3, 0.4) is 0 Å². The van der Waals surface area contributed by atoms with E-state index >= 15 is 0 Å². The number of fused-ring (bicyclic) bond motifs is 1. The topological polar surface area (TPSA) is 73.2 Å². The molecule has 0 bridgehead atoms. The minimum atomic E-state index is -0.376. The molecule has 3 aromatic rings. The molecule has 0 radical (unpaired) electrons. The summed E-state index contributed by atoms with van der Waals surface area (Å²) >= 11 is 0. The third-order valence-corrected chi connectivity index (χ3v) is 5.09. The van der Waals surface area contributed by atoms with Crippen molar-refractivity contribution in [2.75, 3.05) is 13.2 Å². The van der Waals surface area contributed by atoms with Gasteiger partial charge < -0.3 is 10.1 Å². The van der Waals surface area contributed by atoms with Crippen molar-refractivity contribution in [2.24, 2.45) is 0 Å². The second-order valence-electron chi connectivity index (χ2n) is 7.08. The molecule has 4 rings (SSSR count). The Hall–Kier alpha value is -3.43. The Balaban J connectivity index is 1.68. The highest BCUT2D eigenvalue weighted by atomic mass is 16.5. The maximum absolute atomic E-state index is 13.4. The number of para-hydroxylation sites is 1. The fourth-order valence-electron chi connectivity index (χ4n) is 3.63. The van der Waals surface area contributed by atoms with Crippen molar-refractivity contribution in [3.05, 3.63) is 70.3 Å². The molecule has 0 spiro atoms. The van der Waals surface area contributed by atoms with Crippen molar-refractivity contribution in [1.29, 1.82) is 0 Å². The molecular formula is C24H23N3O3. The zero-order chi connectivity index (χ0) is 20.9. The van der Waals surface area contributed by atoms with Crippen molar-refractivity contribution in [3.8, 4) is 17.5 Å². The van der Waals surface area contributed by atoms with Gasteiger partial charge in [-0.15, -0.1) is 0 Å². The minimum absolute atomic E-state index is 0.139. The number of carbonyl (C=O) groups excluding carboxylic acids is 1. The normalized spacial score (nSPS) is 15.6. The van der Waals surface area contributed by atoms with Crippen LogP contribution in [0.15, 0.2) is 53.3 Å². The number of nitrogens with one attached hydrogen (secondary N) is 1. The molecule has 1 aliphatic rings. The van der Waals surface area contributed by atoms with Crippen molar-refractivity contribution < 1.29 is 9.53 Å². The standard InChI is InChI=1S/C24H23N3O3/c1-2-21-26-19-13-6-9-17(10-7-15-25-23(28)20-14-8-16-30-20)22(19)24(29)27(21)18-11-4-3-5-12-18/h3-6,9,11-13,20H,2,8,14-16H2,1H3,(H,25,28)/t20-/m1/s1. The van der Waals surface area contributed by atoms with Gasteiger partial charge in [-0.3, -0.25) is 14.2 Å². The van der Waals surface area contributed by atoms with Gasteiger partial charge in [0.25, 0.3) is 5.56 Å². The monoisotopic (exact) mass is 401 g/mol. The van der Waals surface area contributed by atoms with E-state index in [1.807, 2.05) is 49.4 Å². The molecule has 1 N–H and O–H groups in total. The average molecular weight is 401 g/mol. The fourth-order valence-corrected chi connectivity index (χ4v) is 3.63. The van der Waals surface area contributed by atoms with Crippen LogP contribution in [0, 0.1) is 11.8 Å². The van der Waals surface area contributed by atoms with E-state index in [9.17, 15) is 9.59 Å². The van der Waals surface area contributed by atoms with Gasteiger partial charge in [-0.2, -0.15) is 0 Å². The van der Waals surface area contributed by atoms with Gasteiger partial charge in [0.05, 0.1) is 23.1 Å². The maximum atomic E-state index is 13.4. The Morgan fingerprint density at radius 2 is 2.07 bits per heavy atom. The van der Waals surface area contributed by atoms with Gasteiger partial charge in [0.15, 0.2) is 0 Å². The van der Waals surface area contributed by atoms with Crippen molar-refractivity contribution >= 4 is 16.8 Å². The largest absolute Gasteiger partial charge is 0.368 e. The van der Waals surface area contributed by atoms with E-state index < -0.39 is 0 Å². The van der Waals surface area contributed by atoms with Crippen LogP contribution >= 0.6 is 0 Å². The first-order chi connectivity index (χ1) is 14.7. The van der Waals surface area contributed by atoms with Crippen molar-refractivity contribution in [1.82, 2.24) is 14.9 Å². The molecule has 1 amide bonds. The molecule has 2 aromatic carbocycles. The first-order valence-corrected chi connectivity index (χ1v) is 10.2. The van der Waals surface area contributed by atoms with Gasteiger partial charge in [-0.05, 0) is 37.1 Å². The summed E-state index contributed by atoms with van der Waals surface area (Å²) in [7, 11) is 0. The molecule has 30 heavy (non-hydrogen) atoms. The molecule has 1 saturated heterocycles. The Morgan fingerprint density at radius 1 is 1.23 bits per heavy atom. The number of hydrogen-bond acceptors (Lipinski definition) is 4. The Kier molecular flexibility index (Phi) is 5.92. The van der Waals surface area contributed by atoms with Crippen molar-refractivity contribution in [3.63, 3.8) is 0 Å². The van der Waals surface area contributed by atoms with Crippen LogP contribution in [0.2, 0.25) is 0 Å². The fraction of sp³-hybridized carbons (Fsp3) is 0.292. The summed E-state index contributed by atoms with van der Waals surface area (Å²) in [5.74, 6) is 6.54. The van der Waals surface area contributed by atoms with Crippen LogP contribution in [0.4, 0.5) is 0 Å². The lowest BCUT2D eigenvalue weighted by Crippen LogP contribution is -2.34. The molecule has 1 aromatic heterocycles. The minimum Gasteiger partial charge on any atom is -0.368 e. The molecule has 1 atom stereocenters. The number of ether oxygens (including phenoxy) is 1. The molecule has 2 heterocycles. The third-order valence-electron chi connectivity index (χ3n) is 5.09. The molecule has 152 valence electrons. The number of aryl methyl sites for hydroxylation is 1.